The molecule has 1 N–H and O–H groups in total. The van der Waals surface area contributed by atoms with Crippen molar-refractivity contribution in [3.8, 4) is 23.0 Å². The largest absolute Gasteiger partial charge is 0.490 e. The molecule has 8 nitrogen and oxygen atoms in total. The molecule has 0 bridgehead atoms. The van der Waals surface area contributed by atoms with E-state index in [1.165, 1.54) is 0 Å². The average Bonchev–Trinajstić information content (AvgIpc) is 2.93. The molecular formula is C22H23N3O5. The van der Waals surface area contributed by atoms with Gasteiger partial charge in [0.15, 0.2) is 23.0 Å². The Kier molecular flexibility index (Phi) is 4.82. The summed E-state index contributed by atoms with van der Waals surface area (Å²) >= 11 is 0. The van der Waals surface area contributed by atoms with Crippen LogP contribution in [0.4, 0.5) is 5.69 Å². The van der Waals surface area contributed by atoms with Gasteiger partial charge in [0.2, 0.25) is 5.91 Å². The number of nitrogens with zero attached hydrogens (tertiary/aromatic N) is 2. The molecular weight excluding hydrogens is 386 g/mol. The van der Waals surface area contributed by atoms with Gasteiger partial charge in [0.25, 0.3) is 0 Å². The van der Waals surface area contributed by atoms with Gasteiger partial charge < -0.3 is 28.8 Å². The second-order valence-electron chi connectivity index (χ2n) is 7.21. The normalized spacial score (nSPS) is 15.0. The maximum atomic E-state index is 12.8. The van der Waals surface area contributed by atoms with E-state index in [1.807, 2.05) is 35.8 Å². The Labute approximate surface area is 173 Å². The van der Waals surface area contributed by atoms with Gasteiger partial charge in [-0.2, -0.15) is 0 Å². The van der Waals surface area contributed by atoms with Gasteiger partial charge in [-0.3, -0.25) is 4.79 Å². The third-order valence-electron chi connectivity index (χ3n) is 5.14. The molecule has 0 unspecified atom stereocenters. The van der Waals surface area contributed by atoms with Crippen molar-refractivity contribution in [1.82, 2.24) is 9.55 Å². The average molecular weight is 409 g/mol. The molecule has 0 fully saturated rings. The fourth-order valence-electron chi connectivity index (χ4n) is 3.74. The number of rotatable bonds is 4. The monoisotopic (exact) mass is 409 g/mol. The third kappa shape index (κ3) is 3.49. The highest BCUT2D eigenvalue weighted by Gasteiger charge is 2.19. The highest BCUT2D eigenvalue weighted by Crippen LogP contribution is 2.35. The summed E-state index contributed by atoms with van der Waals surface area (Å²) < 4.78 is 24.6. The number of ether oxygens (including phenoxy) is 4. The molecule has 5 rings (SSSR count). The first kappa shape index (κ1) is 18.6. The van der Waals surface area contributed by atoms with Crippen LogP contribution in [0.15, 0.2) is 30.3 Å². The maximum absolute atomic E-state index is 12.8. The number of hydrogen-bond donors (Lipinski definition) is 1. The van der Waals surface area contributed by atoms with Crippen LogP contribution in [0.5, 0.6) is 23.0 Å². The van der Waals surface area contributed by atoms with Gasteiger partial charge in [0.1, 0.15) is 25.6 Å². The summed E-state index contributed by atoms with van der Waals surface area (Å²) in [6.45, 7) is 4.43. The minimum Gasteiger partial charge on any atom is -0.490 e. The van der Waals surface area contributed by atoms with Gasteiger partial charge in [-0.15, -0.1) is 0 Å². The number of aromatic nitrogens is 2. The van der Waals surface area contributed by atoms with Gasteiger partial charge in [-0.05, 0) is 12.1 Å². The minimum atomic E-state index is -0.145. The number of imidazole rings is 1. The van der Waals surface area contributed by atoms with E-state index < -0.39 is 0 Å². The molecule has 0 radical (unpaired) electrons. The van der Waals surface area contributed by atoms with Crippen molar-refractivity contribution in [3.63, 3.8) is 0 Å². The van der Waals surface area contributed by atoms with Gasteiger partial charge in [-0.25, -0.2) is 4.98 Å². The molecule has 156 valence electrons. The Balaban J connectivity index is 1.39. The SMILES string of the molecule is CCc1nc2cc3c(cc2n1CC(=O)Nc1ccc2c(c1)OCCCO2)OCCO3. The number of amides is 1. The first-order chi connectivity index (χ1) is 14.7. The van der Waals surface area contributed by atoms with Crippen LogP contribution in [0, 0.1) is 0 Å². The lowest BCUT2D eigenvalue weighted by atomic mass is 10.2. The van der Waals surface area contributed by atoms with Crippen LogP contribution < -0.4 is 24.3 Å². The molecule has 0 saturated heterocycles. The molecule has 2 aliphatic rings. The molecule has 1 aromatic heterocycles. The Morgan fingerprint density at radius 3 is 2.47 bits per heavy atom. The van der Waals surface area contributed by atoms with E-state index >= 15 is 0 Å². The molecule has 0 aliphatic carbocycles. The van der Waals surface area contributed by atoms with Crippen LogP contribution in [0.3, 0.4) is 0 Å². The highest BCUT2D eigenvalue weighted by molar-refractivity contribution is 5.92. The van der Waals surface area contributed by atoms with Crippen molar-refractivity contribution in [2.75, 3.05) is 31.7 Å². The molecule has 0 saturated carbocycles. The Morgan fingerprint density at radius 2 is 1.67 bits per heavy atom. The Bertz CT molecular complexity index is 1110. The Morgan fingerprint density at radius 1 is 0.967 bits per heavy atom. The lowest BCUT2D eigenvalue weighted by Gasteiger charge is -2.18. The summed E-state index contributed by atoms with van der Waals surface area (Å²) in [6.07, 6.45) is 1.54. The third-order valence-corrected chi connectivity index (χ3v) is 5.14. The second kappa shape index (κ2) is 7.78. The van der Waals surface area contributed by atoms with Crippen molar-refractivity contribution in [1.29, 1.82) is 0 Å². The quantitative estimate of drug-likeness (QED) is 0.713. The molecule has 3 aromatic rings. The molecule has 0 atom stereocenters. The number of anilines is 1. The molecule has 30 heavy (non-hydrogen) atoms. The van der Waals surface area contributed by atoms with Crippen molar-refractivity contribution >= 4 is 22.6 Å². The highest BCUT2D eigenvalue weighted by atomic mass is 16.6. The number of carbonyl (C=O) groups is 1. The molecule has 2 aliphatic heterocycles. The predicted octanol–water partition coefficient (Wildman–Crippen LogP) is 3.17. The van der Waals surface area contributed by atoms with Gasteiger partial charge in [0.05, 0.1) is 24.2 Å². The van der Waals surface area contributed by atoms with E-state index in [2.05, 4.69) is 10.3 Å². The predicted molar refractivity (Wildman–Crippen MR) is 111 cm³/mol. The summed E-state index contributed by atoms with van der Waals surface area (Å²) in [7, 11) is 0. The lowest BCUT2D eigenvalue weighted by molar-refractivity contribution is -0.116. The minimum absolute atomic E-state index is 0.145. The molecule has 2 aromatic carbocycles. The van der Waals surface area contributed by atoms with E-state index in [1.54, 1.807) is 6.07 Å². The fraction of sp³-hybridized carbons (Fsp3) is 0.364. The van der Waals surface area contributed by atoms with Crippen LogP contribution in [0.25, 0.3) is 11.0 Å². The summed E-state index contributed by atoms with van der Waals surface area (Å²) in [6, 6.07) is 9.22. The zero-order valence-electron chi connectivity index (χ0n) is 16.8. The van der Waals surface area contributed by atoms with Crippen molar-refractivity contribution in [3.05, 3.63) is 36.2 Å². The zero-order valence-corrected chi connectivity index (χ0v) is 16.8. The van der Waals surface area contributed by atoms with Crippen molar-refractivity contribution < 1.29 is 23.7 Å². The van der Waals surface area contributed by atoms with Crippen LogP contribution >= 0.6 is 0 Å². The zero-order chi connectivity index (χ0) is 20.5. The van der Waals surface area contributed by atoms with Crippen molar-refractivity contribution in [2.24, 2.45) is 0 Å². The number of fused-ring (bicyclic) bond motifs is 3. The molecule has 0 spiro atoms. The standard InChI is InChI=1S/C22H23N3O5/c1-2-21-24-15-11-19-20(30-9-8-29-19)12-16(15)25(21)13-22(26)23-14-4-5-17-18(10-14)28-7-3-6-27-17/h4-5,10-12H,2-3,6-9,13H2,1H3,(H,23,26). The Hall–Kier alpha value is -3.42. The molecule has 8 heteroatoms. The first-order valence-corrected chi connectivity index (χ1v) is 10.2. The van der Waals surface area contributed by atoms with Gasteiger partial charge in [-0.1, -0.05) is 6.92 Å². The number of hydrogen-bond acceptors (Lipinski definition) is 6. The molecule has 1 amide bonds. The van der Waals surface area contributed by atoms with Crippen molar-refractivity contribution in [2.45, 2.75) is 26.3 Å². The maximum Gasteiger partial charge on any atom is 0.244 e. The van der Waals surface area contributed by atoms with Crippen LogP contribution in [0.1, 0.15) is 19.2 Å². The van der Waals surface area contributed by atoms with Crippen LogP contribution in [-0.4, -0.2) is 41.9 Å². The summed E-state index contributed by atoms with van der Waals surface area (Å²) in [5.41, 5.74) is 2.31. The topological polar surface area (TPSA) is 83.8 Å². The number of nitrogens with one attached hydrogen (secondary N) is 1. The smallest absolute Gasteiger partial charge is 0.244 e. The van der Waals surface area contributed by atoms with Crippen LogP contribution in [-0.2, 0) is 17.8 Å². The van der Waals surface area contributed by atoms with Crippen LogP contribution in [0.2, 0.25) is 0 Å². The summed E-state index contributed by atoms with van der Waals surface area (Å²) in [4.78, 5) is 17.5. The van der Waals surface area contributed by atoms with Gasteiger partial charge >= 0.3 is 0 Å². The second-order valence-corrected chi connectivity index (χ2v) is 7.21. The first-order valence-electron chi connectivity index (χ1n) is 10.2. The summed E-state index contributed by atoms with van der Waals surface area (Å²) in [5.74, 6) is 3.41. The van der Waals surface area contributed by atoms with E-state index in [0.29, 0.717) is 61.5 Å². The van der Waals surface area contributed by atoms with E-state index in [-0.39, 0.29) is 12.5 Å². The summed E-state index contributed by atoms with van der Waals surface area (Å²) in [5, 5.41) is 2.95. The van der Waals surface area contributed by atoms with E-state index in [9.17, 15) is 4.79 Å². The fourth-order valence-corrected chi connectivity index (χ4v) is 3.74. The number of benzene rings is 2. The molecule has 3 heterocycles. The lowest BCUT2D eigenvalue weighted by Crippen LogP contribution is -2.20. The number of aryl methyl sites for hydroxylation is 1. The number of carbonyl (C=O) groups excluding carboxylic acids is 1. The van der Waals surface area contributed by atoms with E-state index in [4.69, 9.17) is 18.9 Å². The van der Waals surface area contributed by atoms with E-state index in [0.717, 1.165) is 23.3 Å². The van der Waals surface area contributed by atoms with Gasteiger partial charge in [0, 0.05) is 36.7 Å².